The lowest BCUT2D eigenvalue weighted by Crippen LogP contribution is -2.14. The molecule has 0 atom stereocenters. The molecular weight excluding hydrogens is 112 g/mol. The molecule has 0 spiro atoms. The maximum atomic E-state index is 5.08. The minimum atomic E-state index is 0.767. The molecule has 0 amide bonds. The van der Waals surface area contributed by atoms with E-state index < -0.39 is 0 Å². The van der Waals surface area contributed by atoms with E-state index >= 15 is 0 Å². The Hall–Kier alpha value is -0.0800. The second-order valence-corrected chi connectivity index (χ2v) is 1.52. The van der Waals surface area contributed by atoms with Crippen molar-refractivity contribution >= 4 is 17.5 Å². The van der Waals surface area contributed by atoms with Crippen molar-refractivity contribution in [3.05, 3.63) is 0 Å². The second-order valence-electron chi connectivity index (χ2n) is 1.35. The molecule has 0 rings (SSSR count). The molecule has 0 bridgehead atoms. The molecule has 0 saturated carbocycles. The number of hydrogen-bond acceptors (Lipinski definition) is 2. The molecular formula is C4H9ClN2. The largest absolute Gasteiger partial charge is 0.314 e. The van der Waals surface area contributed by atoms with Crippen LogP contribution in [-0.2, 0) is 0 Å². The summed E-state index contributed by atoms with van der Waals surface area (Å²) in [6.45, 7) is 2.63. The Morgan fingerprint density at radius 3 is 2.57 bits per heavy atom. The van der Waals surface area contributed by atoms with E-state index in [0.717, 1.165) is 12.3 Å². The zero-order chi connectivity index (χ0) is 5.70. The Kier molecular flexibility index (Phi) is 4.04. The highest BCUT2D eigenvalue weighted by molar-refractivity contribution is 6.20. The third-order valence-corrected chi connectivity index (χ3v) is 0.865. The van der Waals surface area contributed by atoms with E-state index in [1.165, 1.54) is 0 Å². The molecule has 0 fully saturated rings. The summed E-state index contributed by atoms with van der Waals surface area (Å²) in [5, 5.41) is 2.90. The molecule has 0 heterocycles. The summed E-state index contributed by atoms with van der Waals surface area (Å²) in [7, 11) is 1.85. The normalized spacial score (nSPS) is 12.1. The Morgan fingerprint density at radius 1 is 1.86 bits per heavy atom. The SMILES string of the molecule is CNCC(C)=NCl. The summed E-state index contributed by atoms with van der Waals surface area (Å²) in [5.41, 5.74) is 0.907. The number of rotatable bonds is 2. The number of nitrogens with zero attached hydrogens (tertiary/aromatic N) is 1. The van der Waals surface area contributed by atoms with Gasteiger partial charge in [0.25, 0.3) is 0 Å². The van der Waals surface area contributed by atoms with Crippen molar-refractivity contribution in [3.63, 3.8) is 0 Å². The smallest absolute Gasteiger partial charge is 0.0432 e. The molecule has 1 N–H and O–H groups in total. The third-order valence-electron chi connectivity index (χ3n) is 0.577. The lowest BCUT2D eigenvalue weighted by Gasteiger charge is -1.90. The molecule has 42 valence electrons. The first-order valence-corrected chi connectivity index (χ1v) is 2.44. The van der Waals surface area contributed by atoms with Gasteiger partial charge in [0.1, 0.15) is 0 Å². The average molecular weight is 121 g/mol. The monoisotopic (exact) mass is 120 g/mol. The highest BCUT2D eigenvalue weighted by Crippen LogP contribution is 1.77. The van der Waals surface area contributed by atoms with Gasteiger partial charge < -0.3 is 5.32 Å². The van der Waals surface area contributed by atoms with Crippen LogP contribution in [0, 0.1) is 0 Å². The maximum Gasteiger partial charge on any atom is 0.0432 e. The van der Waals surface area contributed by atoms with Gasteiger partial charge in [-0.1, -0.05) is 0 Å². The molecule has 0 saturated heterocycles. The average Bonchev–Trinajstić information content (AvgIpc) is 1.68. The Labute approximate surface area is 48.7 Å². The first-order valence-electron chi connectivity index (χ1n) is 2.10. The minimum absolute atomic E-state index is 0.767. The van der Waals surface area contributed by atoms with E-state index in [-0.39, 0.29) is 0 Å². The topological polar surface area (TPSA) is 24.4 Å². The van der Waals surface area contributed by atoms with Gasteiger partial charge in [0, 0.05) is 24.0 Å². The van der Waals surface area contributed by atoms with Crippen molar-refractivity contribution < 1.29 is 0 Å². The van der Waals surface area contributed by atoms with Gasteiger partial charge in [-0.25, -0.2) is 0 Å². The molecule has 0 aliphatic heterocycles. The summed E-state index contributed by atoms with van der Waals surface area (Å²) in [4.78, 5) is 0. The Bertz CT molecular complexity index is 70.1. The van der Waals surface area contributed by atoms with Gasteiger partial charge in [-0.2, -0.15) is 4.51 Å². The van der Waals surface area contributed by atoms with Crippen molar-refractivity contribution in [1.82, 2.24) is 5.32 Å². The van der Waals surface area contributed by atoms with Crippen LogP contribution in [0.5, 0.6) is 0 Å². The van der Waals surface area contributed by atoms with E-state index in [1.807, 2.05) is 14.0 Å². The molecule has 0 unspecified atom stereocenters. The van der Waals surface area contributed by atoms with Gasteiger partial charge in [0.05, 0.1) is 0 Å². The molecule has 0 radical (unpaired) electrons. The van der Waals surface area contributed by atoms with Crippen LogP contribution in [0.4, 0.5) is 0 Å². The summed E-state index contributed by atoms with van der Waals surface area (Å²) in [5.74, 6) is 0. The molecule has 0 aliphatic carbocycles. The Balaban J connectivity index is 3.17. The van der Waals surface area contributed by atoms with Gasteiger partial charge >= 0.3 is 0 Å². The summed E-state index contributed by atoms with van der Waals surface area (Å²) in [6, 6.07) is 0. The van der Waals surface area contributed by atoms with Crippen LogP contribution in [0.1, 0.15) is 6.92 Å². The van der Waals surface area contributed by atoms with E-state index in [2.05, 4.69) is 9.83 Å². The van der Waals surface area contributed by atoms with E-state index in [9.17, 15) is 0 Å². The maximum absolute atomic E-state index is 5.08. The molecule has 0 aromatic heterocycles. The van der Waals surface area contributed by atoms with Crippen molar-refractivity contribution in [1.29, 1.82) is 0 Å². The fraction of sp³-hybridized carbons (Fsp3) is 0.750. The van der Waals surface area contributed by atoms with Crippen LogP contribution in [0.3, 0.4) is 0 Å². The van der Waals surface area contributed by atoms with E-state index in [4.69, 9.17) is 11.8 Å². The molecule has 0 aromatic rings. The zero-order valence-corrected chi connectivity index (χ0v) is 5.29. The minimum Gasteiger partial charge on any atom is -0.314 e. The molecule has 2 nitrogen and oxygen atoms in total. The summed E-state index contributed by atoms with van der Waals surface area (Å²) in [6.07, 6.45) is 0. The number of hydrogen-bond donors (Lipinski definition) is 1. The fourth-order valence-electron chi connectivity index (χ4n) is 0.286. The molecule has 7 heavy (non-hydrogen) atoms. The Morgan fingerprint density at radius 2 is 2.43 bits per heavy atom. The second kappa shape index (κ2) is 4.09. The van der Waals surface area contributed by atoms with Gasteiger partial charge in [0.2, 0.25) is 0 Å². The van der Waals surface area contributed by atoms with Crippen molar-refractivity contribution in [3.8, 4) is 0 Å². The van der Waals surface area contributed by atoms with Crippen LogP contribution < -0.4 is 5.32 Å². The van der Waals surface area contributed by atoms with Gasteiger partial charge in [-0.15, -0.1) is 0 Å². The van der Waals surface area contributed by atoms with E-state index in [1.54, 1.807) is 0 Å². The predicted octanol–water partition coefficient (Wildman–Crippen LogP) is 0.821. The number of nitrogens with one attached hydrogen (secondary N) is 1. The van der Waals surface area contributed by atoms with Crippen molar-refractivity contribution in [2.75, 3.05) is 13.6 Å². The van der Waals surface area contributed by atoms with Crippen LogP contribution in [0.15, 0.2) is 4.51 Å². The predicted molar refractivity (Wildman–Crippen MR) is 32.9 cm³/mol. The van der Waals surface area contributed by atoms with Crippen LogP contribution in [-0.4, -0.2) is 19.3 Å². The lowest BCUT2D eigenvalue weighted by molar-refractivity contribution is 0.945. The first-order chi connectivity index (χ1) is 3.31. The van der Waals surface area contributed by atoms with Crippen molar-refractivity contribution in [2.24, 2.45) is 4.51 Å². The van der Waals surface area contributed by atoms with Gasteiger partial charge in [-0.3, -0.25) is 0 Å². The highest BCUT2D eigenvalue weighted by atomic mass is 35.5. The molecule has 0 aromatic carbocycles. The standard InChI is InChI=1S/C4H9ClN2/c1-4(7-5)3-6-2/h6H,3H2,1-2H3. The number of halogens is 1. The third kappa shape index (κ3) is 3.76. The van der Waals surface area contributed by atoms with Crippen LogP contribution in [0.2, 0.25) is 0 Å². The molecule has 0 aliphatic rings. The molecule has 3 heteroatoms. The zero-order valence-electron chi connectivity index (χ0n) is 4.53. The summed E-state index contributed by atoms with van der Waals surface area (Å²) >= 11 is 5.08. The van der Waals surface area contributed by atoms with Crippen LogP contribution >= 0.6 is 11.8 Å². The fourth-order valence-corrected chi connectivity index (χ4v) is 0.345. The van der Waals surface area contributed by atoms with Crippen molar-refractivity contribution in [2.45, 2.75) is 6.92 Å². The summed E-state index contributed by atoms with van der Waals surface area (Å²) < 4.78 is 3.40. The first kappa shape index (κ1) is 6.92. The van der Waals surface area contributed by atoms with Gasteiger partial charge in [-0.05, 0) is 14.0 Å². The van der Waals surface area contributed by atoms with Gasteiger partial charge in [0.15, 0.2) is 0 Å². The lowest BCUT2D eigenvalue weighted by atomic mass is 10.4. The van der Waals surface area contributed by atoms with E-state index in [0.29, 0.717) is 0 Å². The highest BCUT2D eigenvalue weighted by Gasteiger charge is 1.81. The van der Waals surface area contributed by atoms with Crippen LogP contribution in [0.25, 0.3) is 0 Å². The quantitative estimate of drug-likeness (QED) is 0.536.